The van der Waals surface area contributed by atoms with Gasteiger partial charge in [0, 0.05) is 24.7 Å². The second-order valence-electron chi connectivity index (χ2n) is 8.13. The van der Waals surface area contributed by atoms with E-state index in [1.807, 2.05) is 0 Å². The minimum Gasteiger partial charge on any atom is -0.368 e. The Morgan fingerprint density at radius 2 is 1.85 bits per heavy atom. The number of rotatable bonds is 9. The van der Waals surface area contributed by atoms with Crippen LogP contribution in [0.3, 0.4) is 0 Å². The van der Waals surface area contributed by atoms with Gasteiger partial charge in [-0.1, -0.05) is 0 Å². The van der Waals surface area contributed by atoms with Crippen molar-refractivity contribution in [2.45, 2.75) is 50.6 Å². The number of nitrogens with one attached hydrogen (secondary N) is 3. The van der Waals surface area contributed by atoms with Gasteiger partial charge in [0.2, 0.25) is 23.6 Å². The zero-order chi connectivity index (χ0) is 24.7. The van der Waals surface area contributed by atoms with Crippen LogP contribution in [0.5, 0.6) is 0 Å². The fourth-order valence-corrected chi connectivity index (χ4v) is 3.76. The molecule has 1 aliphatic heterocycles. The average Bonchev–Trinajstić information content (AvgIpc) is 3.26. The van der Waals surface area contributed by atoms with Gasteiger partial charge >= 0.3 is 0 Å². The molecule has 0 radical (unpaired) electrons. The molecule has 182 valence electrons. The van der Waals surface area contributed by atoms with E-state index in [4.69, 9.17) is 11.5 Å². The molecule has 1 aliphatic rings. The van der Waals surface area contributed by atoms with Crippen LogP contribution in [0.2, 0.25) is 0 Å². The first kappa shape index (κ1) is 24.8. The summed E-state index contributed by atoms with van der Waals surface area (Å²) in [4.78, 5) is 49.8. The molecule has 1 fully saturated rings. The Balaban J connectivity index is 1.55. The zero-order valence-corrected chi connectivity index (χ0v) is 18.6. The maximum absolute atomic E-state index is 13.0. The van der Waals surface area contributed by atoms with Crippen molar-refractivity contribution in [3.8, 4) is 0 Å². The van der Waals surface area contributed by atoms with Crippen LogP contribution in [0, 0.1) is 5.82 Å². The minimum absolute atomic E-state index is 0.0987. The molecule has 1 aromatic carbocycles. The molecule has 0 saturated carbocycles. The van der Waals surface area contributed by atoms with Gasteiger partial charge in [-0.2, -0.15) is 5.10 Å². The maximum Gasteiger partial charge on any atom is 0.235 e. The highest BCUT2D eigenvalue weighted by Crippen LogP contribution is 2.31. The van der Waals surface area contributed by atoms with Crippen molar-refractivity contribution in [3.63, 3.8) is 0 Å². The van der Waals surface area contributed by atoms with Gasteiger partial charge in [-0.3, -0.25) is 24.3 Å². The van der Waals surface area contributed by atoms with Crippen LogP contribution in [-0.4, -0.2) is 51.3 Å². The van der Waals surface area contributed by atoms with E-state index in [2.05, 4.69) is 20.8 Å². The number of nitrogens with zero attached hydrogens (tertiary/aromatic N) is 2. The summed E-state index contributed by atoms with van der Waals surface area (Å²) < 4.78 is 13.0. The summed E-state index contributed by atoms with van der Waals surface area (Å²) in [5.74, 6) is -2.13. The van der Waals surface area contributed by atoms with Gasteiger partial charge in [0.15, 0.2) is 5.82 Å². The molecule has 11 nitrogen and oxygen atoms in total. The first-order valence-electron chi connectivity index (χ1n) is 11.0. The van der Waals surface area contributed by atoms with Crippen LogP contribution in [0.15, 0.2) is 30.3 Å². The van der Waals surface area contributed by atoms with Gasteiger partial charge in [0.25, 0.3) is 0 Å². The van der Waals surface area contributed by atoms with E-state index in [0.717, 1.165) is 12.8 Å². The number of piperidine rings is 1. The fraction of sp³-hybridized carbons (Fsp3) is 0.409. The number of aromatic amines is 1. The molecule has 0 aliphatic carbocycles. The predicted molar refractivity (Wildman–Crippen MR) is 122 cm³/mol. The number of aromatic nitrogens is 2. The van der Waals surface area contributed by atoms with Gasteiger partial charge in [0.1, 0.15) is 12.2 Å². The summed E-state index contributed by atoms with van der Waals surface area (Å²) in [6.07, 6.45) is 2.30. The highest BCUT2D eigenvalue weighted by atomic mass is 19.1. The lowest BCUT2D eigenvalue weighted by Crippen LogP contribution is -2.41. The molecule has 12 heteroatoms. The molecule has 3 rings (SSSR count). The summed E-state index contributed by atoms with van der Waals surface area (Å²) in [5, 5.41) is 12.0. The Kier molecular flexibility index (Phi) is 8.30. The SMILES string of the molecule is NC(=O)C(N)CCC(=O)N1CCCCC1c1cc(NC(=O)CC(=O)Nc2ccc(F)cc2)n[nH]1. The van der Waals surface area contributed by atoms with Gasteiger partial charge in [-0.15, -0.1) is 0 Å². The molecular weight excluding hydrogens is 445 g/mol. The summed E-state index contributed by atoms with van der Waals surface area (Å²) >= 11 is 0. The lowest BCUT2D eigenvalue weighted by molar-refractivity contribution is -0.135. The monoisotopic (exact) mass is 473 g/mol. The molecule has 0 bridgehead atoms. The molecule has 34 heavy (non-hydrogen) atoms. The quantitative estimate of drug-likeness (QED) is 0.341. The van der Waals surface area contributed by atoms with Gasteiger partial charge in [-0.05, 0) is 49.9 Å². The fourth-order valence-electron chi connectivity index (χ4n) is 3.76. The molecular formula is C22H28FN7O4. The lowest BCUT2D eigenvalue weighted by atomic mass is 9.98. The molecule has 2 atom stereocenters. The van der Waals surface area contributed by atoms with Gasteiger partial charge in [-0.25, -0.2) is 4.39 Å². The number of likely N-dealkylation sites (tertiary alicyclic amines) is 1. The van der Waals surface area contributed by atoms with Crippen molar-refractivity contribution in [1.82, 2.24) is 15.1 Å². The van der Waals surface area contributed by atoms with E-state index in [1.54, 1.807) is 11.0 Å². The summed E-state index contributed by atoms with van der Waals surface area (Å²) in [6, 6.07) is 5.68. The smallest absolute Gasteiger partial charge is 0.235 e. The summed E-state index contributed by atoms with van der Waals surface area (Å²) in [5.41, 5.74) is 11.8. The van der Waals surface area contributed by atoms with E-state index in [9.17, 15) is 23.6 Å². The van der Waals surface area contributed by atoms with Crippen LogP contribution in [-0.2, 0) is 19.2 Å². The van der Waals surface area contributed by atoms with Crippen molar-refractivity contribution in [3.05, 3.63) is 41.8 Å². The maximum atomic E-state index is 13.0. The number of amides is 4. The Bertz CT molecular complexity index is 1040. The number of carbonyl (C=O) groups is 4. The van der Waals surface area contributed by atoms with Crippen LogP contribution in [0.25, 0.3) is 0 Å². The lowest BCUT2D eigenvalue weighted by Gasteiger charge is -2.35. The van der Waals surface area contributed by atoms with E-state index in [0.29, 0.717) is 24.3 Å². The standard InChI is InChI=1S/C22H28FN7O4/c23-13-4-6-14(7-5-13)26-19(31)12-20(32)27-18-11-16(28-29-18)17-3-1-2-10-30(17)21(33)9-8-15(24)22(25)34/h4-7,11,15,17H,1-3,8-10,12,24H2,(H2,25,34)(H,26,31)(H2,27,28,29,32). The van der Waals surface area contributed by atoms with Crippen LogP contribution in [0.1, 0.15) is 50.3 Å². The van der Waals surface area contributed by atoms with Crippen LogP contribution in [0.4, 0.5) is 15.9 Å². The van der Waals surface area contributed by atoms with E-state index in [-0.39, 0.29) is 30.6 Å². The number of H-pyrrole nitrogens is 1. The van der Waals surface area contributed by atoms with E-state index in [1.165, 1.54) is 24.3 Å². The van der Waals surface area contributed by atoms with Crippen molar-refractivity contribution < 1.29 is 23.6 Å². The van der Waals surface area contributed by atoms with Gasteiger partial charge in [0.05, 0.1) is 17.8 Å². The molecule has 1 aromatic heterocycles. The molecule has 4 amide bonds. The molecule has 2 aromatic rings. The Morgan fingerprint density at radius 1 is 1.15 bits per heavy atom. The third-order valence-corrected chi connectivity index (χ3v) is 5.53. The number of anilines is 2. The number of carbonyl (C=O) groups excluding carboxylic acids is 4. The molecule has 1 saturated heterocycles. The Labute approximate surface area is 195 Å². The van der Waals surface area contributed by atoms with Crippen LogP contribution >= 0.6 is 0 Å². The number of hydrogen-bond acceptors (Lipinski definition) is 6. The molecule has 2 heterocycles. The van der Waals surface area contributed by atoms with Crippen molar-refractivity contribution in [2.75, 3.05) is 17.2 Å². The first-order valence-corrected chi connectivity index (χ1v) is 11.0. The van der Waals surface area contributed by atoms with Crippen molar-refractivity contribution in [2.24, 2.45) is 11.5 Å². The Hall–Kier alpha value is -3.80. The molecule has 7 N–H and O–H groups in total. The largest absolute Gasteiger partial charge is 0.368 e. The van der Waals surface area contributed by atoms with E-state index < -0.39 is 36.0 Å². The zero-order valence-electron chi connectivity index (χ0n) is 18.6. The van der Waals surface area contributed by atoms with Crippen molar-refractivity contribution in [1.29, 1.82) is 0 Å². The van der Waals surface area contributed by atoms with Crippen molar-refractivity contribution >= 4 is 35.1 Å². The third kappa shape index (κ3) is 6.85. The number of benzene rings is 1. The first-order chi connectivity index (χ1) is 16.2. The van der Waals surface area contributed by atoms with Crippen LogP contribution < -0.4 is 22.1 Å². The number of halogens is 1. The highest BCUT2D eigenvalue weighted by Gasteiger charge is 2.30. The third-order valence-electron chi connectivity index (χ3n) is 5.53. The number of nitrogens with two attached hydrogens (primary N) is 2. The average molecular weight is 474 g/mol. The molecule has 2 unspecified atom stereocenters. The summed E-state index contributed by atoms with van der Waals surface area (Å²) in [7, 11) is 0. The second-order valence-corrected chi connectivity index (χ2v) is 8.13. The molecule has 0 spiro atoms. The van der Waals surface area contributed by atoms with Gasteiger partial charge < -0.3 is 27.0 Å². The number of primary amides is 1. The minimum atomic E-state index is -0.874. The predicted octanol–water partition coefficient (Wildman–Crippen LogP) is 1.16. The second kappa shape index (κ2) is 11.4. The Morgan fingerprint density at radius 3 is 2.56 bits per heavy atom. The van der Waals surface area contributed by atoms with E-state index >= 15 is 0 Å². The highest BCUT2D eigenvalue weighted by molar-refractivity contribution is 6.07. The topological polar surface area (TPSA) is 176 Å². The summed E-state index contributed by atoms with van der Waals surface area (Å²) in [6.45, 7) is 0.555. The number of hydrogen-bond donors (Lipinski definition) is 5. The normalized spacial score (nSPS) is 16.5.